The van der Waals surface area contributed by atoms with Crippen molar-refractivity contribution in [2.45, 2.75) is 39.2 Å². The first-order valence-electron chi connectivity index (χ1n) is 9.77. The number of hydrogen-bond acceptors (Lipinski definition) is 5. The average Bonchev–Trinajstić information content (AvgIpc) is 2.97. The number of ether oxygens (including phenoxy) is 1. The molecule has 0 aliphatic carbocycles. The Bertz CT molecular complexity index is 977. The molecule has 1 aliphatic rings. The number of fused-ring (bicyclic) bond motifs is 1. The van der Waals surface area contributed by atoms with Crippen LogP contribution in [0.5, 0.6) is 11.5 Å². The third kappa shape index (κ3) is 3.76. The van der Waals surface area contributed by atoms with E-state index in [1.165, 1.54) is 19.3 Å². The van der Waals surface area contributed by atoms with Gasteiger partial charge in [0.2, 0.25) is 0 Å². The van der Waals surface area contributed by atoms with E-state index in [4.69, 9.17) is 4.74 Å². The molecule has 0 bridgehead atoms. The first-order chi connectivity index (χ1) is 13.8. The summed E-state index contributed by atoms with van der Waals surface area (Å²) >= 11 is 0. The van der Waals surface area contributed by atoms with Crippen LogP contribution in [0.3, 0.4) is 0 Å². The second-order valence-electron chi connectivity index (χ2n) is 6.83. The number of phenols is 1. The second-order valence-corrected chi connectivity index (χ2v) is 6.83. The van der Waals surface area contributed by atoms with Gasteiger partial charge in [-0.15, -0.1) is 10.2 Å². The SMILES string of the molecule is CCOc1cccc(C=Nc2ccc(-c3nnc4n3CCCCC4)cc2)c1O. The van der Waals surface area contributed by atoms with Crippen LogP contribution in [0.1, 0.15) is 37.6 Å². The van der Waals surface area contributed by atoms with Gasteiger partial charge in [0, 0.05) is 30.3 Å². The van der Waals surface area contributed by atoms with Gasteiger partial charge in [-0.1, -0.05) is 12.5 Å². The summed E-state index contributed by atoms with van der Waals surface area (Å²) in [5.41, 5.74) is 2.47. The van der Waals surface area contributed by atoms with Gasteiger partial charge in [-0.2, -0.15) is 0 Å². The summed E-state index contributed by atoms with van der Waals surface area (Å²) in [7, 11) is 0. The number of aromatic nitrogens is 3. The smallest absolute Gasteiger partial charge is 0.166 e. The van der Waals surface area contributed by atoms with Crippen LogP contribution in [0.15, 0.2) is 47.5 Å². The molecule has 3 aromatic rings. The monoisotopic (exact) mass is 376 g/mol. The molecule has 0 amide bonds. The maximum absolute atomic E-state index is 10.3. The molecule has 0 saturated heterocycles. The first-order valence-corrected chi connectivity index (χ1v) is 9.77. The van der Waals surface area contributed by atoms with E-state index in [1.54, 1.807) is 18.3 Å². The summed E-state index contributed by atoms with van der Waals surface area (Å²) < 4.78 is 7.65. The molecule has 0 fully saturated rings. The Balaban J connectivity index is 1.54. The largest absolute Gasteiger partial charge is 0.504 e. The van der Waals surface area contributed by atoms with Gasteiger partial charge in [-0.05, 0) is 56.2 Å². The van der Waals surface area contributed by atoms with Crippen molar-refractivity contribution >= 4 is 11.9 Å². The van der Waals surface area contributed by atoms with E-state index < -0.39 is 0 Å². The van der Waals surface area contributed by atoms with Gasteiger partial charge in [-0.25, -0.2) is 0 Å². The Hall–Kier alpha value is -3.15. The summed E-state index contributed by atoms with van der Waals surface area (Å²) in [4.78, 5) is 4.48. The highest BCUT2D eigenvalue weighted by atomic mass is 16.5. The van der Waals surface area contributed by atoms with Crippen molar-refractivity contribution in [3.63, 3.8) is 0 Å². The minimum absolute atomic E-state index is 0.107. The maximum Gasteiger partial charge on any atom is 0.166 e. The molecule has 6 heteroatoms. The Morgan fingerprint density at radius 3 is 2.79 bits per heavy atom. The minimum atomic E-state index is 0.107. The molecule has 0 unspecified atom stereocenters. The van der Waals surface area contributed by atoms with Crippen molar-refractivity contribution in [3.05, 3.63) is 53.9 Å². The van der Waals surface area contributed by atoms with Gasteiger partial charge < -0.3 is 14.4 Å². The third-order valence-corrected chi connectivity index (χ3v) is 4.92. The highest BCUT2D eigenvalue weighted by Gasteiger charge is 2.15. The van der Waals surface area contributed by atoms with Gasteiger partial charge in [0.1, 0.15) is 5.82 Å². The van der Waals surface area contributed by atoms with E-state index in [-0.39, 0.29) is 5.75 Å². The van der Waals surface area contributed by atoms with E-state index in [1.807, 2.05) is 37.3 Å². The molecule has 1 aromatic heterocycles. The molecular formula is C22H24N4O2. The lowest BCUT2D eigenvalue weighted by atomic mass is 10.2. The van der Waals surface area contributed by atoms with Crippen LogP contribution in [-0.4, -0.2) is 32.7 Å². The molecule has 1 aliphatic heterocycles. The topological polar surface area (TPSA) is 72.5 Å². The van der Waals surface area contributed by atoms with Crippen LogP contribution in [-0.2, 0) is 13.0 Å². The van der Waals surface area contributed by atoms with Crippen molar-refractivity contribution < 1.29 is 9.84 Å². The Morgan fingerprint density at radius 1 is 1.11 bits per heavy atom. The molecule has 0 radical (unpaired) electrons. The molecule has 6 nitrogen and oxygen atoms in total. The fourth-order valence-corrected chi connectivity index (χ4v) is 3.45. The molecule has 28 heavy (non-hydrogen) atoms. The number of aliphatic imine (C=N–C) groups is 1. The highest BCUT2D eigenvalue weighted by molar-refractivity contribution is 5.86. The van der Waals surface area contributed by atoms with Crippen LogP contribution >= 0.6 is 0 Å². The number of para-hydroxylation sites is 1. The summed E-state index contributed by atoms with van der Waals surface area (Å²) in [5.74, 6) is 2.58. The van der Waals surface area contributed by atoms with E-state index >= 15 is 0 Å². The molecule has 2 heterocycles. The lowest BCUT2D eigenvalue weighted by molar-refractivity contribution is 0.318. The van der Waals surface area contributed by atoms with Crippen LogP contribution in [0.4, 0.5) is 5.69 Å². The number of aryl methyl sites for hydroxylation is 1. The number of nitrogens with zero attached hydrogens (tertiary/aromatic N) is 4. The fraction of sp³-hybridized carbons (Fsp3) is 0.318. The molecule has 2 aromatic carbocycles. The van der Waals surface area contributed by atoms with Gasteiger partial charge >= 0.3 is 0 Å². The van der Waals surface area contributed by atoms with Crippen molar-refractivity contribution in [2.75, 3.05) is 6.61 Å². The molecule has 1 N–H and O–H groups in total. The van der Waals surface area contributed by atoms with Crippen LogP contribution in [0.25, 0.3) is 11.4 Å². The number of aromatic hydroxyl groups is 1. The second kappa shape index (κ2) is 8.25. The molecular weight excluding hydrogens is 352 g/mol. The van der Waals surface area contributed by atoms with E-state index in [9.17, 15) is 5.11 Å². The van der Waals surface area contributed by atoms with E-state index in [2.05, 4.69) is 19.8 Å². The normalized spacial score (nSPS) is 14.0. The number of rotatable bonds is 5. The van der Waals surface area contributed by atoms with Crippen LogP contribution in [0.2, 0.25) is 0 Å². The van der Waals surface area contributed by atoms with E-state index in [0.717, 1.165) is 35.9 Å². The van der Waals surface area contributed by atoms with Gasteiger partial charge in [0.25, 0.3) is 0 Å². The molecule has 4 rings (SSSR count). The Kier molecular flexibility index (Phi) is 5.37. The van der Waals surface area contributed by atoms with Crippen molar-refractivity contribution in [2.24, 2.45) is 4.99 Å². The quantitative estimate of drug-likeness (QED) is 0.664. The zero-order chi connectivity index (χ0) is 19.3. The van der Waals surface area contributed by atoms with Gasteiger partial charge in [0.05, 0.1) is 12.3 Å². The van der Waals surface area contributed by atoms with Crippen molar-refractivity contribution in [1.29, 1.82) is 0 Å². The third-order valence-electron chi connectivity index (χ3n) is 4.92. The standard InChI is InChI=1S/C22H24N4O2/c1-2-28-19-8-6-7-17(21(19)27)15-23-18-12-10-16(11-13-18)22-25-24-20-9-4-3-5-14-26(20)22/h6-8,10-13,15,27H,2-5,9,14H2,1H3. The van der Waals surface area contributed by atoms with Crippen LogP contribution in [0, 0.1) is 0 Å². The van der Waals surface area contributed by atoms with Crippen molar-refractivity contribution in [3.8, 4) is 22.9 Å². The first kappa shape index (κ1) is 18.2. The summed E-state index contributed by atoms with van der Waals surface area (Å²) in [6, 6.07) is 13.3. The van der Waals surface area contributed by atoms with Gasteiger partial charge in [0.15, 0.2) is 17.3 Å². The Labute approximate surface area is 164 Å². The number of benzene rings is 2. The van der Waals surface area contributed by atoms with Gasteiger partial charge in [-0.3, -0.25) is 4.99 Å². The zero-order valence-electron chi connectivity index (χ0n) is 16.0. The Morgan fingerprint density at radius 2 is 1.96 bits per heavy atom. The predicted octanol–water partition coefficient (Wildman–Crippen LogP) is 4.53. The fourth-order valence-electron chi connectivity index (χ4n) is 3.45. The minimum Gasteiger partial charge on any atom is -0.504 e. The molecule has 0 atom stereocenters. The maximum atomic E-state index is 10.3. The lowest BCUT2D eigenvalue weighted by Crippen LogP contribution is -2.02. The van der Waals surface area contributed by atoms with Crippen LogP contribution < -0.4 is 4.74 Å². The molecule has 0 spiro atoms. The summed E-state index contributed by atoms with van der Waals surface area (Å²) in [6.45, 7) is 3.37. The molecule has 144 valence electrons. The summed E-state index contributed by atoms with van der Waals surface area (Å²) in [6.07, 6.45) is 6.25. The zero-order valence-corrected chi connectivity index (χ0v) is 16.0. The predicted molar refractivity (Wildman–Crippen MR) is 110 cm³/mol. The molecule has 0 saturated carbocycles. The summed E-state index contributed by atoms with van der Waals surface area (Å²) in [5, 5.41) is 19.0. The highest BCUT2D eigenvalue weighted by Crippen LogP contribution is 2.29. The van der Waals surface area contributed by atoms with E-state index in [0.29, 0.717) is 17.9 Å². The number of hydrogen-bond donors (Lipinski definition) is 1. The average molecular weight is 376 g/mol. The lowest BCUT2D eigenvalue weighted by Gasteiger charge is -2.07. The van der Waals surface area contributed by atoms with Crippen molar-refractivity contribution in [1.82, 2.24) is 14.8 Å². The number of phenolic OH excluding ortho intramolecular Hbond substituents is 1.